The van der Waals surface area contributed by atoms with Crippen molar-refractivity contribution in [3.63, 3.8) is 0 Å². The van der Waals surface area contributed by atoms with Gasteiger partial charge in [-0.2, -0.15) is 4.98 Å². The standard InChI is InChI=1S/C14H17N5O3/c15-14-18-11-10(12(20)19-14)8(3-4-16-11)2-1-7-5-9(13(21)22)17-6-7/h5-6,8,17H,1-4H2,(H,21,22)(H4,15,16,18,19,20). The molecule has 22 heavy (non-hydrogen) atoms. The normalized spacial score (nSPS) is 16.8. The molecule has 0 saturated carbocycles. The maximum Gasteiger partial charge on any atom is 0.352 e. The molecule has 0 spiro atoms. The van der Waals surface area contributed by atoms with Crippen molar-refractivity contribution in [3.8, 4) is 0 Å². The number of aromatic amines is 2. The Balaban J connectivity index is 1.77. The molecule has 0 saturated heterocycles. The minimum atomic E-state index is -0.977. The molecule has 3 heterocycles. The summed E-state index contributed by atoms with van der Waals surface area (Å²) in [6, 6.07) is 1.62. The van der Waals surface area contributed by atoms with E-state index in [9.17, 15) is 9.59 Å². The molecule has 1 aliphatic rings. The summed E-state index contributed by atoms with van der Waals surface area (Å²) in [5, 5.41) is 12.0. The lowest BCUT2D eigenvalue weighted by Crippen LogP contribution is -2.28. The van der Waals surface area contributed by atoms with E-state index in [1.807, 2.05) is 0 Å². The summed E-state index contributed by atoms with van der Waals surface area (Å²) in [5.41, 5.74) is 7.07. The number of carbonyl (C=O) groups is 1. The van der Waals surface area contributed by atoms with Gasteiger partial charge in [0.25, 0.3) is 5.56 Å². The van der Waals surface area contributed by atoms with Crippen LogP contribution in [0.5, 0.6) is 0 Å². The van der Waals surface area contributed by atoms with Gasteiger partial charge in [0.05, 0.1) is 5.56 Å². The number of rotatable bonds is 4. The van der Waals surface area contributed by atoms with Crippen LogP contribution in [0.2, 0.25) is 0 Å². The van der Waals surface area contributed by atoms with Gasteiger partial charge in [0.2, 0.25) is 5.95 Å². The minimum Gasteiger partial charge on any atom is -0.477 e. The van der Waals surface area contributed by atoms with E-state index in [-0.39, 0.29) is 23.1 Å². The lowest BCUT2D eigenvalue weighted by atomic mass is 9.89. The first-order chi connectivity index (χ1) is 10.5. The van der Waals surface area contributed by atoms with Gasteiger partial charge < -0.3 is 21.1 Å². The lowest BCUT2D eigenvalue weighted by Gasteiger charge is -2.24. The van der Waals surface area contributed by atoms with Crippen molar-refractivity contribution in [2.75, 3.05) is 17.6 Å². The number of anilines is 2. The van der Waals surface area contributed by atoms with Gasteiger partial charge in [0, 0.05) is 12.7 Å². The van der Waals surface area contributed by atoms with E-state index >= 15 is 0 Å². The third-order valence-corrected chi connectivity index (χ3v) is 3.92. The molecule has 8 heteroatoms. The number of nitrogen functional groups attached to an aromatic ring is 1. The number of aromatic nitrogens is 3. The zero-order chi connectivity index (χ0) is 15.7. The first-order valence-corrected chi connectivity index (χ1v) is 7.08. The van der Waals surface area contributed by atoms with E-state index in [0.717, 1.165) is 24.9 Å². The molecule has 1 aliphatic heterocycles. The molecule has 0 radical (unpaired) electrons. The monoisotopic (exact) mass is 303 g/mol. The summed E-state index contributed by atoms with van der Waals surface area (Å²) in [4.78, 5) is 32.3. The molecule has 1 unspecified atom stereocenters. The first-order valence-electron chi connectivity index (χ1n) is 7.08. The van der Waals surface area contributed by atoms with Crippen molar-refractivity contribution in [3.05, 3.63) is 39.4 Å². The second-order valence-electron chi connectivity index (χ2n) is 5.39. The Labute approximate surface area is 125 Å². The number of H-pyrrole nitrogens is 2. The van der Waals surface area contributed by atoms with E-state index in [4.69, 9.17) is 10.8 Å². The molecule has 2 aromatic rings. The van der Waals surface area contributed by atoms with Crippen LogP contribution in [0.1, 0.15) is 40.4 Å². The fourth-order valence-corrected chi connectivity index (χ4v) is 2.86. The number of nitrogens with one attached hydrogen (secondary N) is 3. The predicted molar refractivity (Wildman–Crippen MR) is 81.2 cm³/mol. The van der Waals surface area contributed by atoms with E-state index in [0.29, 0.717) is 17.8 Å². The van der Waals surface area contributed by atoms with Crippen LogP contribution in [0.4, 0.5) is 11.8 Å². The Morgan fingerprint density at radius 3 is 3.05 bits per heavy atom. The fourth-order valence-electron chi connectivity index (χ4n) is 2.86. The highest BCUT2D eigenvalue weighted by Crippen LogP contribution is 2.31. The number of aromatic carboxylic acids is 1. The second kappa shape index (κ2) is 5.55. The van der Waals surface area contributed by atoms with E-state index < -0.39 is 5.97 Å². The van der Waals surface area contributed by atoms with Crippen molar-refractivity contribution in [1.29, 1.82) is 0 Å². The van der Waals surface area contributed by atoms with Gasteiger partial charge >= 0.3 is 5.97 Å². The highest BCUT2D eigenvalue weighted by molar-refractivity contribution is 5.85. The SMILES string of the molecule is Nc1nc2c(c(=O)[nH]1)C(CCc1c[nH]c(C(=O)O)c1)CCN2. The average Bonchev–Trinajstić information content (AvgIpc) is 2.93. The molecule has 2 aromatic heterocycles. The summed E-state index contributed by atoms with van der Waals surface area (Å²) in [6.45, 7) is 0.737. The summed E-state index contributed by atoms with van der Waals surface area (Å²) in [5.74, 6) is -0.239. The summed E-state index contributed by atoms with van der Waals surface area (Å²) in [6.07, 6.45) is 3.97. The van der Waals surface area contributed by atoms with Gasteiger partial charge in [-0.1, -0.05) is 0 Å². The van der Waals surface area contributed by atoms with Crippen LogP contribution in [0.3, 0.4) is 0 Å². The van der Waals surface area contributed by atoms with Crippen LogP contribution in [-0.2, 0) is 6.42 Å². The zero-order valence-corrected chi connectivity index (χ0v) is 11.8. The summed E-state index contributed by atoms with van der Waals surface area (Å²) >= 11 is 0. The molecule has 0 bridgehead atoms. The molecule has 8 nitrogen and oxygen atoms in total. The van der Waals surface area contributed by atoms with Crippen LogP contribution in [0.25, 0.3) is 0 Å². The minimum absolute atomic E-state index is 0.0799. The topological polar surface area (TPSA) is 137 Å². The average molecular weight is 303 g/mol. The Morgan fingerprint density at radius 2 is 2.32 bits per heavy atom. The van der Waals surface area contributed by atoms with Crippen molar-refractivity contribution in [2.45, 2.75) is 25.2 Å². The van der Waals surface area contributed by atoms with Gasteiger partial charge in [-0.25, -0.2) is 4.79 Å². The van der Waals surface area contributed by atoms with Crippen molar-refractivity contribution in [1.82, 2.24) is 15.0 Å². The Kier molecular flexibility index (Phi) is 3.58. The van der Waals surface area contributed by atoms with Gasteiger partial charge in [-0.05, 0) is 36.8 Å². The Hall–Kier alpha value is -2.77. The molecule has 116 valence electrons. The third kappa shape index (κ3) is 2.67. The Morgan fingerprint density at radius 1 is 1.50 bits per heavy atom. The largest absolute Gasteiger partial charge is 0.477 e. The predicted octanol–water partition coefficient (Wildman–Crippen LogP) is 0.910. The quantitative estimate of drug-likeness (QED) is 0.569. The summed E-state index contributed by atoms with van der Waals surface area (Å²) < 4.78 is 0. The van der Waals surface area contributed by atoms with Gasteiger partial charge in [-0.3, -0.25) is 9.78 Å². The maximum atomic E-state index is 12.1. The number of nitrogens with zero attached hydrogens (tertiary/aromatic N) is 1. The highest BCUT2D eigenvalue weighted by Gasteiger charge is 2.25. The van der Waals surface area contributed by atoms with Crippen molar-refractivity contribution in [2.24, 2.45) is 0 Å². The number of hydrogen-bond acceptors (Lipinski definition) is 5. The Bertz CT molecular complexity index is 764. The molecule has 0 aliphatic carbocycles. The number of fused-ring (bicyclic) bond motifs is 1. The molecular weight excluding hydrogens is 286 g/mol. The molecular formula is C14H17N5O3. The number of aryl methyl sites for hydroxylation is 1. The lowest BCUT2D eigenvalue weighted by molar-refractivity contribution is 0.0691. The van der Waals surface area contributed by atoms with Crippen LogP contribution in [0.15, 0.2) is 17.1 Å². The summed E-state index contributed by atoms with van der Waals surface area (Å²) in [7, 11) is 0. The third-order valence-electron chi connectivity index (χ3n) is 3.92. The molecule has 6 N–H and O–H groups in total. The van der Waals surface area contributed by atoms with Gasteiger partial charge in [0.1, 0.15) is 11.5 Å². The number of hydrogen-bond donors (Lipinski definition) is 5. The number of nitrogens with two attached hydrogens (primary N) is 1. The molecule has 0 fully saturated rings. The molecule has 0 aromatic carbocycles. The van der Waals surface area contributed by atoms with Crippen molar-refractivity contribution >= 4 is 17.7 Å². The van der Waals surface area contributed by atoms with Crippen molar-refractivity contribution < 1.29 is 9.90 Å². The number of carboxylic acids is 1. The fraction of sp³-hybridized carbons (Fsp3) is 0.357. The van der Waals surface area contributed by atoms with E-state index in [1.165, 1.54) is 0 Å². The molecule has 0 amide bonds. The maximum absolute atomic E-state index is 12.1. The van der Waals surface area contributed by atoms with Gasteiger partial charge in [0.15, 0.2) is 0 Å². The van der Waals surface area contributed by atoms with E-state index in [2.05, 4.69) is 20.3 Å². The smallest absolute Gasteiger partial charge is 0.352 e. The van der Waals surface area contributed by atoms with Crippen LogP contribution in [0, 0.1) is 0 Å². The molecule has 1 atom stereocenters. The number of carboxylic acid groups (broad SMARTS) is 1. The molecule has 3 rings (SSSR count). The highest BCUT2D eigenvalue weighted by atomic mass is 16.4. The van der Waals surface area contributed by atoms with Crippen LogP contribution in [-0.4, -0.2) is 32.6 Å². The first kappa shape index (κ1) is 14.2. The van der Waals surface area contributed by atoms with Crippen LogP contribution >= 0.6 is 0 Å². The second-order valence-corrected chi connectivity index (χ2v) is 5.39. The zero-order valence-electron chi connectivity index (χ0n) is 11.8. The van der Waals surface area contributed by atoms with E-state index in [1.54, 1.807) is 12.3 Å². The van der Waals surface area contributed by atoms with Gasteiger partial charge in [-0.15, -0.1) is 0 Å². The van der Waals surface area contributed by atoms with Crippen LogP contribution < -0.4 is 16.6 Å².